The van der Waals surface area contributed by atoms with Gasteiger partial charge in [-0.1, -0.05) is 35.4 Å². The van der Waals surface area contributed by atoms with E-state index in [4.69, 9.17) is 0 Å². The molecule has 0 aliphatic heterocycles. The Morgan fingerprint density at radius 3 is 1.48 bits per heavy atom. The minimum Gasteiger partial charge on any atom is -1.00 e. The van der Waals surface area contributed by atoms with E-state index in [0.717, 1.165) is 6.42 Å². The van der Waals surface area contributed by atoms with Gasteiger partial charge in [0.2, 0.25) is 0 Å². The molecular weight excluding hydrogens is 655 g/mol. The maximum Gasteiger partial charge on any atom is -0.0469 e. The number of unbranched alkanes of at least 4 members (excludes halogenated alkanes) is 2. The summed E-state index contributed by atoms with van der Waals surface area (Å²) in [5, 5.41) is 5.46. The number of rotatable bonds is 8. The van der Waals surface area contributed by atoms with Crippen molar-refractivity contribution in [3.63, 3.8) is 0 Å². The normalized spacial score (nSPS) is 11.2. The van der Waals surface area contributed by atoms with Gasteiger partial charge in [0, 0.05) is 0 Å². The Bertz CT molecular complexity index is 1520. The van der Waals surface area contributed by atoms with Gasteiger partial charge in [0.15, 0.2) is 0 Å². The molecule has 1 aliphatic rings. The SMILES string of the molecule is CCCCc1ccc([C](=[Zr+2])c2ccc(CCCC)cc2)cc1.Cc1ccc2c(c1)[cH-]c1cc(C)ccc12.[C-]1=CC=CC1.[Cl-].[Cl-]. The molecule has 44 heavy (non-hydrogen) atoms. The topological polar surface area (TPSA) is 0 Å². The van der Waals surface area contributed by atoms with Crippen LogP contribution in [0.25, 0.3) is 21.5 Å². The first-order valence-electron chi connectivity index (χ1n) is 15.5. The van der Waals surface area contributed by atoms with Gasteiger partial charge >= 0.3 is 151 Å². The van der Waals surface area contributed by atoms with E-state index in [2.05, 4.69) is 131 Å². The van der Waals surface area contributed by atoms with Crippen LogP contribution in [-0.4, -0.2) is 3.21 Å². The monoisotopic (exact) mass is 696 g/mol. The molecule has 5 aromatic rings. The van der Waals surface area contributed by atoms with Gasteiger partial charge in [0.1, 0.15) is 0 Å². The Morgan fingerprint density at radius 2 is 1.14 bits per heavy atom. The van der Waals surface area contributed by atoms with Crippen molar-refractivity contribution in [1.29, 1.82) is 0 Å². The molecule has 0 amide bonds. The number of hydrogen-bond acceptors (Lipinski definition) is 0. The average Bonchev–Trinajstić information content (AvgIpc) is 3.71. The van der Waals surface area contributed by atoms with E-state index < -0.39 is 0 Å². The Balaban J connectivity index is 0.000000264. The zero-order valence-electron chi connectivity index (χ0n) is 26.6. The van der Waals surface area contributed by atoms with Crippen LogP contribution in [0.3, 0.4) is 0 Å². The fourth-order valence-corrected chi connectivity index (χ4v) is 6.03. The molecule has 0 aromatic heterocycles. The van der Waals surface area contributed by atoms with Crippen LogP contribution in [0, 0.1) is 19.9 Å². The van der Waals surface area contributed by atoms with Crippen LogP contribution < -0.4 is 24.8 Å². The number of benzene rings is 4. The van der Waals surface area contributed by atoms with Crippen LogP contribution in [-0.2, 0) is 37.1 Å². The Hall–Kier alpha value is -2.44. The molecule has 0 saturated heterocycles. The van der Waals surface area contributed by atoms with Crippen molar-refractivity contribution in [1.82, 2.24) is 0 Å². The van der Waals surface area contributed by atoms with E-state index in [-0.39, 0.29) is 24.8 Å². The van der Waals surface area contributed by atoms with Gasteiger partial charge < -0.3 is 24.8 Å². The fraction of sp³-hybridized carbons (Fsp3) is 0.268. The molecule has 1 aliphatic carbocycles. The molecule has 3 heteroatoms. The van der Waals surface area contributed by atoms with E-state index >= 15 is 0 Å². The van der Waals surface area contributed by atoms with E-state index in [9.17, 15) is 0 Å². The molecule has 0 spiro atoms. The summed E-state index contributed by atoms with van der Waals surface area (Å²) in [5.74, 6) is 0. The summed E-state index contributed by atoms with van der Waals surface area (Å²) >= 11 is 1.48. The van der Waals surface area contributed by atoms with Crippen LogP contribution in [0.1, 0.15) is 79.3 Å². The van der Waals surface area contributed by atoms with Crippen LogP contribution in [0.2, 0.25) is 0 Å². The van der Waals surface area contributed by atoms with Crippen molar-refractivity contribution < 1.29 is 49.0 Å². The fourth-order valence-electron chi connectivity index (χ4n) is 5.21. The molecule has 0 saturated carbocycles. The predicted molar refractivity (Wildman–Crippen MR) is 181 cm³/mol. The average molecular weight is 699 g/mol. The molecule has 0 fully saturated rings. The van der Waals surface area contributed by atoms with Gasteiger partial charge in [-0.15, -0.1) is 46.2 Å². The zero-order valence-corrected chi connectivity index (χ0v) is 30.6. The van der Waals surface area contributed by atoms with E-state index in [1.807, 2.05) is 12.2 Å². The molecule has 0 nitrogen and oxygen atoms in total. The number of allylic oxidation sites excluding steroid dienone is 4. The van der Waals surface area contributed by atoms with Crippen LogP contribution in [0.4, 0.5) is 0 Å². The van der Waals surface area contributed by atoms with Gasteiger partial charge in [-0.25, -0.2) is 12.2 Å². The summed E-state index contributed by atoms with van der Waals surface area (Å²) in [6, 6.07) is 34.0. The number of aryl methyl sites for hydroxylation is 4. The molecule has 0 unspecified atom stereocenters. The number of halogens is 2. The maximum atomic E-state index is 2.99. The predicted octanol–water partition coefficient (Wildman–Crippen LogP) is 5.13. The molecule has 0 bridgehead atoms. The summed E-state index contributed by atoms with van der Waals surface area (Å²) in [6.07, 6.45) is 17.5. The molecular formula is C41H44Cl2Zr-2. The van der Waals surface area contributed by atoms with Gasteiger partial charge in [0.25, 0.3) is 0 Å². The minimum absolute atomic E-state index is 0. The quantitative estimate of drug-likeness (QED) is 0.197. The zero-order chi connectivity index (χ0) is 29.7. The van der Waals surface area contributed by atoms with Crippen molar-refractivity contribution in [3.8, 4) is 0 Å². The summed E-state index contributed by atoms with van der Waals surface area (Å²) in [5.41, 5.74) is 8.33. The van der Waals surface area contributed by atoms with Crippen LogP contribution >= 0.6 is 0 Å². The number of fused-ring (bicyclic) bond motifs is 3. The van der Waals surface area contributed by atoms with Crippen LogP contribution in [0.15, 0.2) is 109 Å². The first-order chi connectivity index (χ1) is 20.5. The maximum absolute atomic E-state index is 2.99. The summed E-state index contributed by atoms with van der Waals surface area (Å²) in [6.45, 7) is 8.78. The summed E-state index contributed by atoms with van der Waals surface area (Å²) in [7, 11) is 0. The second kappa shape index (κ2) is 19.8. The summed E-state index contributed by atoms with van der Waals surface area (Å²) in [4.78, 5) is 0. The Morgan fingerprint density at radius 1 is 0.682 bits per heavy atom. The van der Waals surface area contributed by atoms with Crippen molar-refractivity contribution in [3.05, 3.63) is 149 Å². The molecule has 0 atom stereocenters. The standard InChI is InChI=1S/C21H26.C15H13.C5H5.2ClH.Zr/c1-3-5-7-18-9-13-20(14-10-18)17-21-15-11-19(12-16-21)8-6-4-2;1-10-3-5-14-12(7-10)9-13-8-11(2)4-6-15(13)14;1-2-4-5-3-1;;;/h9-16H,3-8H2,1-2H3;3-9H,1-2H3;1-3H,4H2;2*1H;/q;2*-1;;;+2/p-2. The van der Waals surface area contributed by atoms with Crippen molar-refractivity contribution >= 4 is 24.8 Å². The number of hydrogen-bond donors (Lipinski definition) is 0. The third-order valence-electron chi connectivity index (χ3n) is 7.72. The van der Waals surface area contributed by atoms with E-state index in [1.165, 1.54) is 121 Å². The molecule has 6 rings (SSSR count). The van der Waals surface area contributed by atoms with Gasteiger partial charge in [-0.2, -0.15) is 6.08 Å². The van der Waals surface area contributed by atoms with Crippen molar-refractivity contribution in [2.45, 2.75) is 72.6 Å². The first-order valence-corrected chi connectivity index (χ1v) is 16.8. The molecule has 228 valence electrons. The van der Waals surface area contributed by atoms with E-state index in [1.54, 1.807) is 0 Å². The van der Waals surface area contributed by atoms with Crippen LogP contribution in [0.5, 0.6) is 0 Å². The van der Waals surface area contributed by atoms with Crippen molar-refractivity contribution in [2.75, 3.05) is 0 Å². The molecule has 5 aromatic carbocycles. The van der Waals surface area contributed by atoms with E-state index in [0.29, 0.717) is 0 Å². The van der Waals surface area contributed by atoms with Crippen molar-refractivity contribution in [2.24, 2.45) is 0 Å². The smallest absolute Gasteiger partial charge is 0.0469 e. The third-order valence-corrected chi connectivity index (χ3v) is 9.14. The second-order valence-corrected chi connectivity index (χ2v) is 12.5. The third kappa shape index (κ3) is 11.2. The Labute approximate surface area is 293 Å². The van der Waals surface area contributed by atoms with Gasteiger partial charge in [0.05, 0.1) is 0 Å². The summed E-state index contributed by atoms with van der Waals surface area (Å²) < 4.78 is 1.45. The molecule has 0 heterocycles. The van der Waals surface area contributed by atoms with Gasteiger partial charge in [-0.05, 0) is 13.8 Å². The second-order valence-electron chi connectivity index (χ2n) is 11.3. The molecule has 0 radical (unpaired) electrons. The Kier molecular flexibility index (Phi) is 17.0. The molecule has 0 N–H and O–H groups in total. The minimum atomic E-state index is 0. The van der Waals surface area contributed by atoms with Gasteiger partial charge in [-0.3, -0.25) is 6.08 Å². The largest absolute Gasteiger partial charge is 1.00 e. The first kappa shape index (κ1) is 37.7.